The van der Waals surface area contributed by atoms with E-state index in [1.165, 1.54) is 0 Å². The van der Waals surface area contributed by atoms with E-state index in [9.17, 15) is 13.2 Å². The monoisotopic (exact) mass is 400 g/mol. The van der Waals surface area contributed by atoms with Gasteiger partial charge < -0.3 is 15.4 Å². The zero-order valence-electron chi connectivity index (χ0n) is 15.3. The van der Waals surface area contributed by atoms with E-state index in [-0.39, 0.29) is 0 Å². The van der Waals surface area contributed by atoms with Gasteiger partial charge in [-0.25, -0.2) is 4.98 Å². The molecule has 1 aromatic carbocycles. The minimum Gasteiger partial charge on any atom is -0.496 e. The molecule has 0 aliphatic rings. The van der Waals surface area contributed by atoms with Crippen LogP contribution in [0.3, 0.4) is 0 Å². The summed E-state index contributed by atoms with van der Waals surface area (Å²) in [6.07, 6.45) is -3.27. The average molecular weight is 400 g/mol. The standard InChI is InChI=1S/C18H23F3N4OS/c1-3-22-17(23-10-8-13-6-4-5-7-14(13)26-2)24-11-9-16-25-15(12-27-16)18(19,20)21/h4-7,12H,3,8-11H2,1-2H3,(H2,22,23,24). The van der Waals surface area contributed by atoms with Gasteiger partial charge in [-0.3, -0.25) is 4.99 Å². The second kappa shape index (κ2) is 10.1. The summed E-state index contributed by atoms with van der Waals surface area (Å²) in [5, 5.41) is 7.81. The van der Waals surface area contributed by atoms with Crippen molar-refractivity contribution >= 4 is 17.3 Å². The number of aromatic nitrogens is 1. The Morgan fingerprint density at radius 3 is 2.67 bits per heavy atom. The number of hydrogen-bond acceptors (Lipinski definition) is 4. The lowest BCUT2D eigenvalue weighted by Crippen LogP contribution is -2.38. The van der Waals surface area contributed by atoms with Crippen molar-refractivity contribution in [1.82, 2.24) is 15.6 Å². The van der Waals surface area contributed by atoms with Gasteiger partial charge in [-0.15, -0.1) is 11.3 Å². The number of guanidine groups is 1. The molecule has 0 radical (unpaired) electrons. The van der Waals surface area contributed by atoms with Crippen LogP contribution in [0.4, 0.5) is 13.2 Å². The quantitative estimate of drug-likeness (QED) is 0.526. The van der Waals surface area contributed by atoms with Crippen molar-refractivity contribution in [2.45, 2.75) is 25.9 Å². The molecule has 1 aromatic heterocycles. The van der Waals surface area contributed by atoms with E-state index in [0.717, 1.165) is 34.5 Å². The maximum Gasteiger partial charge on any atom is 0.434 e. The van der Waals surface area contributed by atoms with Gasteiger partial charge in [-0.05, 0) is 25.0 Å². The Balaban J connectivity index is 1.85. The van der Waals surface area contributed by atoms with E-state index in [2.05, 4.69) is 20.6 Å². The molecule has 1 heterocycles. The van der Waals surface area contributed by atoms with Crippen molar-refractivity contribution < 1.29 is 17.9 Å². The van der Waals surface area contributed by atoms with E-state index < -0.39 is 11.9 Å². The summed E-state index contributed by atoms with van der Waals surface area (Å²) >= 11 is 1.01. The number of para-hydroxylation sites is 1. The van der Waals surface area contributed by atoms with E-state index >= 15 is 0 Å². The van der Waals surface area contributed by atoms with Crippen LogP contribution in [0.1, 0.15) is 23.2 Å². The SMILES string of the molecule is CCNC(=NCCc1nc(C(F)(F)F)cs1)NCCc1ccccc1OC. The summed E-state index contributed by atoms with van der Waals surface area (Å²) in [5.74, 6) is 1.46. The van der Waals surface area contributed by atoms with Crippen molar-refractivity contribution in [3.05, 3.63) is 45.9 Å². The highest BCUT2D eigenvalue weighted by Gasteiger charge is 2.33. The van der Waals surface area contributed by atoms with Gasteiger partial charge in [0.05, 0.1) is 12.1 Å². The number of nitrogens with one attached hydrogen (secondary N) is 2. The molecule has 0 spiro atoms. The lowest BCUT2D eigenvalue weighted by atomic mass is 10.1. The van der Waals surface area contributed by atoms with Crippen LogP contribution in [-0.2, 0) is 19.0 Å². The van der Waals surface area contributed by atoms with Crippen molar-refractivity contribution in [3.8, 4) is 5.75 Å². The molecular formula is C18H23F3N4OS. The summed E-state index contributed by atoms with van der Waals surface area (Å²) in [4.78, 5) is 8.02. The Morgan fingerprint density at radius 2 is 2.00 bits per heavy atom. The summed E-state index contributed by atoms with van der Waals surface area (Å²) in [6.45, 7) is 3.65. The predicted octanol–water partition coefficient (Wildman–Crippen LogP) is 3.51. The molecule has 148 valence electrons. The van der Waals surface area contributed by atoms with Crippen molar-refractivity contribution in [2.24, 2.45) is 4.99 Å². The normalized spacial score (nSPS) is 12.1. The number of methoxy groups -OCH3 is 1. The first-order valence-corrected chi connectivity index (χ1v) is 9.47. The molecule has 2 N–H and O–H groups in total. The second-order valence-corrected chi connectivity index (χ2v) is 6.57. The molecule has 0 aliphatic heterocycles. The molecule has 2 aromatic rings. The van der Waals surface area contributed by atoms with Crippen LogP contribution >= 0.6 is 11.3 Å². The van der Waals surface area contributed by atoms with Crippen molar-refractivity contribution in [2.75, 3.05) is 26.7 Å². The molecule has 0 amide bonds. The molecule has 0 saturated heterocycles. The van der Waals surface area contributed by atoms with E-state index in [1.54, 1.807) is 7.11 Å². The molecule has 0 saturated carbocycles. The van der Waals surface area contributed by atoms with Gasteiger partial charge in [0.25, 0.3) is 0 Å². The fourth-order valence-electron chi connectivity index (χ4n) is 2.39. The minimum absolute atomic E-state index is 0.356. The average Bonchev–Trinajstić information content (AvgIpc) is 3.11. The summed E-state index contributed by atoms with van der Waals surface area (Å²) in [6, 6.07) is 7.80. The van der Waals surface area contributed by atoms with Crippen LogP contribution in [0, 0.1) is 0 Å². The Bertz CT molecular complexity index is 746. The van der Waals surface area contributed by atoms with Crippen LogP contribution in [0.5, 0.6) is 5.75 Å². The fourth-order valence-corrected chi connectivity index (χ4v) is 3.18. The third kappa shape index (κ3) is 6.74. The Hall–Kier alpha value is -2.29. The highest BCUT2D eigenvalue weighted by Crippen LogP contribution is 2.30. The molecule has 2 rings (SSSR count). The topological polar surface area (TPSA) is 58.5 Å². The van der Waals surface area contributed by atoms with Crippen LogP contribution in [-0.4, -0.2) is 37.7 Å². The molecule has 9 heteroatoms. The molecule has 0 atom stereocenters. The lowest BCUT2D eigenvalue weighted by molar-refractivity contribution is -0.140. The highest BCUT2D eigenvalue weighted by molar-refractivity contribution is 7.09. The summed E-state index contributed by atoms with van der Waals surface area (Å²) < 4.78 is 43.0. The van der Waals surface area contributed by atoms with Crippen LogP contribution in [0.2, 0.25) is 0 Å². The van der Waals surface area contributed by atoms with Gasteiger partial charge in [-0.1, -0.05) is 18.2 Å². The lowest BCUT2D eigenvalue weighted by Gasteiger charge is -2.12. The zero-order chi connectivity index (χ0) is 19.7. The van der Waals surface area contributed by atoms with E-state index in [0.29, 0.717) is 37.0 Å². The van der Waals surface area contributed by atoms with Crippen molar-refractivity contribution in [1.29, 1.82) is 0 Å². The number of hydrogen-bond donors (Lipinski definition) is 2. The third-order valence-electron chi connectivity index (χ3n) is 3.66. The van der Waals surface area contributed by atoms with Gasteiger partial charge in [0, 0.05) is 31.4 Å². The molecular weight excluding hydrogens is 377 g/mol. The maximum absolute atomic E-state index is 12.6. The molecule has 0 unspecified atom stereocenters. The van der Waals surface area contributed by atoms with Gasteiger partial charge in [0.15, 0.2) is 11.7 Å². The van der Waals surface area contributed by atoms with Crippen LogP contribution in [0.25, 0.3) is 0 Å². The first kappa shape index (κ1) is 21.0. The van der Waals surface area contributed by atoms with Gasteiger partial charge in [-0.2, -0.15) is 13.2 Å². The Kier molecular flexibility index (Phi) is 7.90. The van der Waals surface area contributed by atoms with Crippen LogP contribution < -0.4 is 15.4 Å². The molecule has 0 bridgehead atoms. The van der Waals surface area contributed by atoms with E-state index in [4.69, 9.17) is 4.74 Å². The first-order chi connectivity index (χ1) is 12.9. The maximum atomic E-state index is 12.6. The number of benzene rings is 1. The van der Waals surface area contributed by atoms with E-state index in [1.807, 2.05) is 31.2 Å². The van der Waals surface area contributed by atoms with Crippen LogP contribution in [0.15, 0.2) is 34.6 Å². The highest BCUT2D eigenvalue weighted by atomic mass is 32.1. The number of ether oxygens (including phenoxy) is 1. The number of aliphatic imine (C=N–C) groups is 1. The molecule has 0 fully saturated rings. The first-order valence-electron chi connectivity index (χ1n) is 8.59. The second-order valence-electron chi connectivity index (χ2n) is 5.62. The van der Waals surface area contributed by atoms with Crippen molar-refractivity contribution in [3.63, 3.8) is 0 Å². The number of nitrogens with zero attached hydrogens (tertiary/aromatic N) is 2. The van der Waals surface area contributed by atoms with Gasteiger partial charge in [0.1, 0.15) is 5.75 Å². The zero-order valence-corrected chi connectivity index (χ0v) is 16.1. The number of rotatable bonds is 8. The van der Waals surface area contributed by atoms with Gasteiger partial charge in [0.2, 0.25) is 0 Å². The molecule has 27 heavy (non-hydrogen) atoms. The number of alkyl halides is 3. The Labute approximate surface area is 160 Å². The minimum atomic E-state index is -4.40. The smallest absolute Gasteiger partial charge is 0.434 e. The molecule has 5 nitrogen and oxygen atoms in total. The Morgan fingerprint density at radius 1 is 1.22 bits per heavy atom. The summed E-state index contributed by atoms with van der Waals surface area (Å²) in [5.41, 5.74) is 0.249. The third-order valence-corrected chi connectivity index (χ3v) is 4.57. The molecule has 0 aliphatic carbocycles. The largest absolute Gasteiger partial charge is 0.496 e. The number of halogens is 3. The number of thiazole rings is 1. The fraction of sp³-hybridized carbons (Fsp3) is 0.444. The predicted molar refractivity (Wildman–Crippen MR) is 101 cm³/mol. The summed E-state index contributed by atoms with van der Waals surface area (Å²) in [7, 11) is 1.64. The van der Waals surface area contributed by atoms with Gasteiger partial charge >= 0.3 is 6.18 Å².